The molecule has 0 spiro atoms. The zero-order chi connectivity index (χ0) is 17.2. The molecule has 0 unspecified atom stereocenters. The average molecular weight is 471 g/mol. The predicted octanol–water partition coefficient (Wildman–Crippen LogP) is 5.55. The summed E-state index contributed by atoms with van der Waals surface area (Å²) in [7, 11) is -0.523. The highest BCUT2D eigenvalue weighted by Crippen LogP contribution is 2.58. The first-order valence-corrected chi connectivity index (χ1v) is 13.6. The fourth-order valence-electron chi connectivity index (χ4n) is 3.79. The lowest BCUT2D eigenvalue weighted by Crippen LogP contribution is -3.00. The molecular formula is C22H48IP. The van der Waals surface area contributed by atoms with E-state index >= 15 is 0 Å². The van der Waals surface area contributed by atoms with Crippen LogP contribution in [0.4, 0.5) is 0 Å². The topological polar surface area (TPSA) is 0 Å². The summed E-state index contributed by atoms with van der Waals surface area (Å²) in [4.78, 5) is 0. The molecule has 0 saturated carbocycles. The summed E-state index contributed by atoms with van der Waals surface area (Å²) in [5.41, 5.74) is 0. The number of hydrogen-bond donors (Lipinski definition) is 0. The van der Waals surface area contributed by atoms with Gasteiger partial charge in [0.25, 0.3) is 0 Å². The third kappa shape index (κ3) is 15.4. The van der Waals surface area contributed by atoms with Gasteiger partial charge in [-0.1, -0.05) is 84.0 Å². The fraction of sp³-hybridized carbons (Fsp3) is 1.00. The van der Waals surface area contributed by atoms with E-state index in [-0.39, 0.29) is 24.0 Å². The number of halogens is 1. The molecule has 0 amide bonds. The number of unbranched alkanes of at least 4 members (excludes halogenated alkanes) is 13. The minimum atomic E-state index is -0.523. The Bertz CT molecular complexity index is 218. The summed E-state index contributed by atoms with van der Waals surface area (Å²) in [6.07, 6.45) is 26.7. The van der Waals surface area contributed by atoms with E-state index in [0.717, 1.165) is 0 Å². The molecule has 0 bridgehead atoms. The van der Waals surface area contributed by atoms with Gasteiger partial charge in [-0.3, -0.25) is 0 Å². The zero-order valence-electron chi connectivity index (χ0n) is 17.6. The van der Waals surface area contributed by atoms with E-state index in [0.29, 0.717) is 0 Å². The van der Waals surface area contributed by atoms with Gasteiger partial charge in [-0.2, -0.15) is 0 Å². The van der Waals surface area contributed by atoms with Crippen molar-refractivity contribution >= 4 is 7.26 Å². The average Bonchev–Trinajstić information content (AvgIpc) is 2.59. The Morgan fingerprint density at radius 2 is 0.708 bits per heavy atom. The SMILES string of the molecule is CCCCCCCCCCCCCCCC[P+](CC)(CC)CC.[I-]. The third-order valence-corrected chi connectivity index (χ3v) is 11.3. The standard InChI is InChI=1S/C22H48P.HI/c1-5-9-10-11-12-13-14-15-16-17-18-19-20-21-22-23(6-2,7-3)8-4;/h5-22H2,1-4H3;1H/q+1;/p-1. The molecule has 0 nitrogen and oxygen atoms in total. The molecule has 0 aromatic heterocycles. The quantitative estimate of drug-likeness (QED) is 0.140. The van der Waals surface area contributed by atoms with E-state index < -0.39 is 7.26 Å². The van der Waals surface area contributed by atoms with Gasteiger partial charge < -0.3 is 24.0 Å². The van der Waals surface area contributed by atoms with Gasteiger partial charge in [-0.15, -0.1) is 0 Å². The smallest absolute Gasteiger partial charge is 0.0594 e. The predicted molar refractivity (Wildman–Crippen MR) is 114 cm³/mol. The van der Waals surface area contributed by atoms with E-state index in [1.807, 2.05) is 0 Å². The molecule has 0 atom stereocenters. The normalized spacial score (nSPS) is 11.5. The molecule has 0 rings (SSSR count). The van der Waals surface area contributed by atoms with Crippen molar-refractivity contribution in [1.29, 1.82) is 0 Å². The summed E-state index contributed by atoms with van der Waals surface area (Å²) < 4.78 is 0. The number of hydrogen-bond acceptors (Lipinski definition) is 0. The van der Waals surface area contributed by atoms with Crippen molar-refractivity contribution in [1.82, 2.24) is 0 Å². The molecule has 0 aliphatic rings. The van der Waals surface area contributed by atoms with Crippen LogP contribution in [0, 0.1) is 0 Å². The molecule has 0 saturated heterocycles. The highest BCUT2D eigenvalue weighted by molar-refractivity contribution is 7.75. The van der Waals surface area contributed by atoms with Crippen molar-refractivity contribution in [2.75, 3.05) is 24.6 Å². The van der Waals surface area contributed by atoms with Crippen molar-refractivity contribution in [2.45, 2.75) is 118 Å². The molecule has 0 aromatic rings. The van der Waals surface area contributed by atoms with E-state index in [4.69, 9.17) is 0 Å². The van der Waals surface area contributed by atoms with Gasteiger partial charge in [0.1, 0.15) is 0 Å². The molecule has 0 heterocycles. The minimum absolute atomic E-state index is 0. The second-order valence-corrected chi connectivity index (χ2v) is 12.6. The summed E-state index contributed by atoms with van der Waals surface area (Å²) in [6, 6.07) is 0. The van der Waals surface area contributed by atoms with Crippen LogP contribution in [0.3, 0.4) is 0 Å². The van der Waals surface area contributed by atoms with Gasteiger partial charge in [0.15, 0.2) is 0 Å². The van der Waals surface area contributed by atoms with E-state index in [9.17, 15) is 0 Å². The van der Waals surface area contributed by atoms with Crippen molar-refractivity contribution in [3.05, 3.63) is 0 Å². The maximum Gasteiger partial charge on any atom is 0.0594 e. The second kappa shape index (κ2) is 20.5. The van der Waals surface area contributed by atoms with E-state index in [2.05, 4.69) is 27.7 Å². The lowest BCUT2D eigenvalue weighted by atomic mass is 10.0. The Hall–Kier alpha value is 1.16. The highest BCUT2D eigenvalue weighted by atomic mass is 127. The summed E-state index contributed by atoms with van der Waals surface area (Å²) in [6.45, 7) is 9.61. The van der Waals surface area contributed by atoms with Gasteiger partial charge in [-0.25, -0.2) is 0 Å². The fourth-order valence-corrected chi connectivity index (χ4v) is 6.97. The summed E-state index contributed by atoms with van der Waals surface area (Å²) in [5, 5.41) is 0. The largest absolute Gasteiger partial charge is 1.00 e. The molecule has 0 aliphatic carbocycles. The van der Waals surface area contributed by atoms with E-state index in [1.54, 1.807) is 6.16 Å². The Labute approximate surface area is 173 Å². The Kier molecular flexibility index (Phi) is 23.4. The number of rotatable bonds is 18. The van der Waals surface area contributed by atoms with Crippen LogP contribution in [-0.4, -0.2) is 24.6 Å². The molecule has 0 aliphatic heterocycles. The van der Waals surface area contributed by atoms with Crippen LogP contribution >= 0.6 is 7.26 Å². The van der Waals surface area contributed by atoms with Crippen LogP contribution in [0.2, 0.25) is 0 Å². The zero-order valence-corrected chi connectivity index (χ0v) is 20.6. The first-order chi connectivity index (χ1) is 11.2. The first kappa shape index (κ1) is 27.4. The third-order valence-electron chi connectivity index (χ3n) is 6.00. The van der Waals surface area contributed by atoms with Gasteiger partial charge in [0.05, 0.1) is 24.6 Å². The van der Waals surface area contributed by atoms with Crippen LogP contribution in [0.1, 0.15) is 118 Å². The van der Waals surface area contributed by atoms with Crippen LogP contribution in [0.25, 0.3) is 0 Å². The summed E-state index contributed by atoms with van der Waals surface area (Å²) >= 11 is 0. The molecule has 0 fully saturated rings. The molecular weight excluding hydrogens is 422 g/mol. The van der Waals surface area contributed by atoms with Crippen molar-refractivity contribution in [2.24, 2.45) is 0 Å². The van der Waals surface area contributed by atoms with E-state index in [1.165, 1.54) is 108 Å². The monoisotopic (exact) mass is 470 g/mol. The molecule has 0 aromatic carbocycles. The maximum atomic E-state index is 2.44. The second-order valence-electron chi connectivity index (χ2n) is 7.61. The van der Waals surface area contributed by atoms with Crippen LogP contribution in [0.5, 0.6) is 0 Å². The summed E-state index contributed by atoms with van der Waals surface area (Å²) in [5.74, 6) is 0. The Balaban J connectivity index is 0. The van der Waals surface area contributed by atoms with Gasteiger partial charge in [-0.05, 0) is 33.6 Å². The highest BCUT2D eigenvalue weighted by Gasteiger charge is 2.29. The molecule has 148 valence electrons. The minimum Gasteiger partial charge on any atom is -1.00 e. The Morgan fingerprint density at radius 1 is 0.417 bits per heavy atom. The Morgan fingerprint density at radius 3 is 1.00 bits per heavy atom. The van der Waals surface area contributed by atoms with Crippen LogP contribution in [0.15, 0.2) is 0 Å². The lowest BCUT2D eigenvalue weighted by molar-refractivity contribution is -0.00000531. The van der Waals surface area contributed by atoms with Gasteiger partial charge in [0, 0.05) is 7.26 Å². The maximum absolute atomic E-state index is 2.44. The van der Waals surface area contributed by atoms with Gasteiger partial charge in [0.2, 0.25) is 0 Å². The van der Waals surface area contributed by atoms with Gasteiger partial charge >= 0.3 is 0 Å². The molecule has 0 radical (unpaired) electrons. The van der Waals surface area contributed by atoms with Crippen LogP contribution in [-0.2, 0) is 0 Å². The lowest BCUT2D eigenvalue weighted by Gasteiger charge is -2.23. The van der Waals surface area contributed by atoms with Crippen LogP contribution < -0.4 is 24.0 Å². The first-order valence-electron chi connectivity index (χ1n) is 11.1. The van der Waals surface area contributed by atoms with Crippen molar-refractivity contribution in [3.8, 4) is 0 Å². The van der Waals surface area contributed by atoms with Crippen molar-refractivity contribution in [3.63, 3.8) is 0 Å². The molecule has 0 N–H and O–H groups in total. The van der Waals surface area contributed by atoms with Crippen molar-refractivity contribution < 1.29 is 24.0 Å². The molecule has 24 heavy (non-hydrogen) atoms. The molecule has 2 heteroatoms.